The molecule has 0 aliphatic carbocycles. The van der Waals surface area contributed by atoms with Crippen molar-refractivity contribution in [3.05, 3.63) is 82.0 Å². The van der Waals surface area contributed by atoms with Crippen molar-refractivity contribution >= 4 is 11.3 Å². The first-order valence-corrected chi connectivity index (χ1v) is 7.62. The van der Waals surface area contributed by atoms with Crippen molar-refractivity contribution in [1.29, 1.82) is 0 Å². The molecular weight excluding hydrogens is 280 g/mol. The highest BCUT2D eigenvalue weighted by atomic mass is 32.1. The van der Waals surface area contributed by atoms with Crippen LogP contribution in [0.2, 0.25) is 0 Å². The van der Waals surface area contributed by atoms with Crippen LogP contribution in [-0.4, -0.2) is 12.2 Å². The zero-order chi connectivity index (χ0) is 14.7. The van der Waals surface area contributed by atoms with Gasteiger partial charge in [-0.25, -0.2) is 0 Å². The molecule has 0 radical (unpaired) electrons. The third-order valence-corrected chi connectivity index (χ3v) is 4.44. The van der Waals surface area contributed by atoms with Crippen LogP contribution in [0.4, 0.5) is 0 Å². The number of ether oxygens (including phenoxy) is 1. The fourth-order valence-corrected chi connectivity index (χ4v) is 3.32. The summed E-state index contributed by atoms with van der Waals surface area (Å²) in [5.74, 6) is 1.32. The van der Waals surface area contributed by atoms with Gasteiger partial charge in [0, 0.05) is 10.8 Å². The SMILES string of the molecule is COc1ccc([C@@H](c2ccc(O)cc2)c2cccs2)cc1. The molecule has 0 amide bonds. The molecule has 2 nitrogen and oxygen atoms in total. The van der Waals surface area contributed by atoms with E-state index in [1.165, 1.54) is 16.0 Å². The predicted octanol–water partition coefficient (Wildman–Crippen LogP) is 4.64. The summed E-state index contributed by atoms with van der Waals surface area (Å²) in [4.78, 5) is 1.28. The molecule has 0 aliphatic heterocycles. The van der Waals surface area contributed by atoms with Crippen molar-refractivity contribution in [2.24, 2.45) is 0 Å². The van der Waals surface area contributed by atoms with Gasteiger partial charge < -0.3 is 9.84 Å². The van der Waals surface area contributed by atoms with Crippen molar-refractivity contribution < 1.29 is 9.84 Å². The molecule has 0 bridgehead atoms. The molecule has 1 N–H and O–H groups in total. The third kappa shape index (κ3) is 2.93. The number of phenols is 1. The van der Waals surface area contributed by atoms with Crippen LogP contribution in [0.5, 0.6) is 11.5 Å². The summed E-state index contributed by atoms with van der Waals surface area (Å²) in [6.45, 7) is 0. The van der Waals surface area contributed by atoms with Crippen molar-refractivity contribution in [1.82, 2.24) is 0 Å². The molecule has 0 fully saturated rings. The summed E-state index contributed by atoms with van der Waals surface area (Å²) in [7, 11) is 1.67. The molecule has 2 aromatic carbocycles. The molecule has 1 aromatic heterocycles. The van der Waals surface area contributed by atoms with Gasteiger partial charge in [-0.05, 0) is 46.8 Å². The molecular formula is C18H16O2S. The normalized spacial score (nSPS) is 12.0. The number of methoxy groups -OCH3 is 1. The van der Waals surface area contributed by atoms with Gasteiger partial charge in [-0.1, -0.05) is 30.3 Å². The van der Waals surface area contributed by atoms with Crippen LogP contribution < -0.4 is 4.74 Å². The highest BCUT2D eigenvalue weighted by Crippen LogP contribution is 2.35. The molecule has 3 heteroatoms. The molecule has 0 aliphatic rings. The van der Waals surface area contributed by atoms with Crippen LogP contribution in [0.25, 0.3) is 0 Å². The second-order valence-corrected chi connectivity index (χ2v) is 5.79. The average Bonchev–Trinajstić information content (AvgIpc) is 3.04. The van der Waals surface area contributed by atoms with E-state index in [2.05, 4.69) is 29.6 Å². The number of benzene rings is 2. The maximum Gasteiger partial charge on any atom is 0.118 e. The van der Waals surface area contributed by atoms with Gasteiger partial charge >= 0.3 is 0 Å². The van der Waals surface area contributed by atoms with E-state index in [-0.39, 0.29) is 5.92 Å². The molecule has 0 saturated heterocycles. The number of hydrogen-bond acceptors (Lipinski definition) is 3. The topological polar surface area (TPSA) is 29.5 Å². The molecule has 106 valence electrons. The van der Waals surface area contributed by atoms with Crippen LogP contribution in [0.3, 0.4) is 0 Å². The van der Waals surface area contributed by atoms with E-state index in [0.717, 1.165) is 5.75 Å². The Labute approximate surface area is 128 Å². The minimum absolute atomic E-state index is 0.177. The van der Waals surface area contributed by atoms with E-state index >= 15 is 0 Å². The van der Waals surface area contributed by atoms with Crippen molar-refractivity contribution in [2.75, 3.05) is 7.11 Å². The summed E-state index contributed by atoms with van der Waals surface area (Å²) in [6, 6.07) is 19.8. The van der Waals surface area contributed by atoms with Crippen LogP contribution in [0, 0.1) is 0 Å². The molecule has 3 aromatic rings. The van der Waals surface area contributed by atoms with Crippen LogP contribution in [-0.2, 0) is 0 Å². The minimum Gasteiger partial charge on any atom is -0.508 e. The second-order valence-electron chi connectivity index (χ2n) is 4.81. The molecule has 1 atom stereocenters. The Hall–Kier alpha value is -2.26. The van der Waals surface area contributed by atoms with E-state index in [1.54, 1.807) is 30.6 Å². The maximum atomic E-state index is 9.49. The fourth-order valence-electron chi connectivity index (χ4n) is 2.44. The first-order chi connectivity index (χ1) is 10.3. The lowest BCUT2D eigenvalue weighted by Gasteiger charge is -2.17. The monoisotopic (exact) mass is 296 g/mol. The van der Waals surface area contributed by atoms with Crippen LogP contribution in [0.15, 0.2) is 66.0 Å². The number of hydrogen-bond donors (Lipinski definition) is 1. The Morgan fingerprint density at radius 2 is 1.52 bits per heavy atom. The quantitative estimate of drug-likeness (QED) is 0.760. The Morgan fingerprint density at radius 1 is 0.905 bits per heavy atom. The Balaban J connectivity index is 2.05. The van der Waals surface area contributed by atoms with Gasteiger partial charge in [0.1, 0.15) is 11.5 Å². The maximum absolute atomic E-state index is 9.49. The third-order valence-electron chi connectivity index (χ3n) is 3.50. The molecule has 0 unspecified atom stereocenters. The zero-order valence-corrected chi connectivity index (χ0v) is 12.5. The van der Waals surface area contributed by atoms with E-state index in [1.807, 2.05) is 24.3 Å². The fraction of sp³-hybridized carbons (Fsp3) is 0.111. The lowest BCUT2D eigenvalue weighted by Crippen LogP contribution is -2.01. The minimum atomic E-state index is 0.177. The average molecular weight is 296 g/mol. The van der Waals surface area contributed by atoms with Crippen molar-refractivity contribution in [3.63, 3.8) is 0 Å². The van der Waals surface area contributed by atoms with Gasteiger partial charge in [0.05, 0.1) is 7.11 Å². The molecule has 0 saturated carbocycles. The van der Waals surface area contributed by atoms with Gasteiger partial charge in [-0.3, -0.25) is 0 Å². The van der Waals surface area contributed by atoms with Gasteiger partial charge in [0.25, 0.3) is 0 Å². The van der Waals surface area contributed by atoms with Crippen LogP contribution in [0.1, 0.15) is 21.9 Å². The Morgan fingerprint density at radius 3 is 2.05 bits per heavy atom. The number of thiophene rings is 1. The summed E-state index contributed by atoms with van der Waals surface area (Å²) >= 11 is 1.74. The van der Waals surface area contributed by atoms with Gasteiger partial charge in [-0.15, -0.1) is 11.3 Å². The van der Waals surface area contributed by atoms with Crippen LogP contribution >= 0.6 is 11.3 Å². The Kier molecular flexibility index (Phi) is 3.93. The predicted molar refractivity (Wildman–Crippen MR) is 86.4 cm³/mol. The highest BCUT2D eigenvalue weighted by molar-refractivity contribution is 7.10. The first-order valence-electron chi connectivity index (χ1n) is 6.74. The van der Waals surface area contributed by atoms with Gasteiger partial charge in [0.15, 0.2) is 0 Å². The summed E-state index contributed by atoms with van der Waals surface area (Å²) in [5, 5.41) is 11.6. The molecule has 21 heavy (non-hydrogen) atoms. The van der Waals surface area contributed by atoms with E-state index in [0.29, 0.717) is 5.75 Å². The van der Waals surface area contributed by atoms with E-state index in [9.17, 15) is 5.11 Å². The standard InChI is InChI=1S/C18H16O2S/c1-20-16-10-6-14(7-11-16)18(17-3-2-12-21-17)13-4-8-15(19)9-5-13/h2-12,18-19H,1H3/t18-/m1/s1. The van der Waals surface area contributed by atoms with Gasteiger partial charge in [-0.2, -0.15) is 0 Å². The van der Waals surface area contributed by atoms with Crippen molar-refractivity contribution in [3.8, 4) is 11.5 Å². The summed E-state index contributed by atoms with van der Waals surface area (Å²) < 4.78 is 5.23. The lowest BCUT2D eigenvalue weighted by molar-refractivity contribution is 0.414. The molecule has 3 rings (SSSR count). The molecule has 1 heterocycles. The number of phenolic OH excluding ortho intramolecular Hbond substituents is 1. The summed E-state index contributed by atoms with van der Waals surface area (Å²) in [6.07, 6.45) is 0. The van der Waals surface area contributed by atoms with E-state index < -0.39 is 0 Å². The highest BCUT2D eigenvalue weighted by Gasteiger charge is 2.17. The van der Waals surface area contributed by atoms with E-state index in [4.69, 9.17) is 4.74 Å². The zero-order valence-electron chi connectivity index (χ0n) is 11.7. The largest absolute Gasteiger partial charge is 0.508 e. The summed E-state index contributed by atoms with van der Waals surface area (Å²) in [5.41, 5.74) is 2.38. The Bertz CT molecular complexity index is 685. The second kappa shape index (κ2) is 6.02. The van der Waals surface area contributed by atoms with Gasteiger partial charge in [0.2, 0.25) is 0 Å². The molecule has 0 spiro atoms. The number of rotatable bonds is 4. The lowest BCUT2D eigenvalue weighted by atomic mass is 9.90. The van der Waals surface area contributed by atoms with Crippen molar-refractivity contribution in [2.45, 2.75) is 5.92 Å². The smallest absolute Gasteiger partial charge is 0.118 e. The number of aromatic hydroxyl groups is 1. The first kappa shape index (κ1) is 13.7.